The third-order valence-corrected chi connectivity index (χ3v) is 17.1. The Morgan fingerprint density at radius 2 is 0.346 bits per heavy atom. The van der Waals surface area contributed by atoms with Crippen molar-refractivity contribution in [3.63, 3.8) is 0 Å². The van der Waals surface area contributed by atoms with E-state index in [1.807, 2.05) is 0 Å². The van der Waals surface area contributed by atoms with Crippen LogP contribution in [0, 0.1) is 94.7 Å². The predicted molar refractivity (Wildman–Crippen MR) is 231 cm³/mol. The molecule has 0 bridgehead atoms. The molecular formula is C52H96. The Kier molecular flexibility index (Phi) is 18.3. The van der Waals surface area contributed by atoms with Gasteiger partial charge in [-0.3, -0.25) is 0 Å². The highest BCUT2D eigenvalue weighted by molar-refractivity contribution is 4.93. The van der Waals surface area contributed by atoms with E-state index in [0.29, 0.717) is 0 Å². The number of hydrogen-bond donors (Lipinski definition) is 0. The van der Waals surface area contributed by atoms with Gasteiger partial charge in [0.2, 0.25) is 0 Å². The second-order valence-electron chi connectivity index (χ2n) is 22.2. The summed E-state index contributed by atoms with van der Waals surface area (Å²) in [5, 5.41) is 0. The monoisotopic (exact) mass is 721 g/mol. The summed E-state index contributed by atoms with van der Waals surface area (Å²) >= 11 is 0. The SMILES string of the molecule is CC(C)C(C1CC1)C1CC1.CC(C)C(C1CCC1)C1CCC1.CC(C)C(C1CCCC1)C1CCCC1.CC(C)C(C1CCCCC1)C1CCCCC1. The molecule has 0 saturated heterocycles. The molecule has 0 aromatic carbocycles. The molecule has 0 atom stereocenters. The molecule has 0 nitrogen and oxygen atoms in total. The maximum Gasteiger partial charge on any atom is -0.0334 e. The molecule has 8 aliphatic carbocycles. The van der Waals surface area contributed by atoms with Gasteiger partial charge in [0, 0.05) is 0 Å². The first kappa shape index (κ1) is 43.1. The second-order valence-corrected chi connectivity index (χ2v) is 22.2. The highest BCUT2D eigenvalue weighted by Gasteiger charge is 2.43. The molecule has 52 heavy (non-hydrogen) atoms. The predicted octanol–water partition coefficient (Wildman–Crippen LogP) is 17.0. The topological polar surface area (TPSA) is 0 Å². The minimum absolute atomic E-state index is 0.922. The quantitative estimate of drug-likeness (QED) is 0.188. The lowest BCUT2D eigenvalue weighted by molar-refractivity contribution is 0.0566. The Balaban J connectivity index is 0.000000136. The molecule has 0 aromatic heterocycles. The van der Waals surface area contributed by atoms with Gasteiger partial charge in [-0.25, -0.2) is 0 Å². The molecule has 0 aliphatic heterocycles. The minimum Gasteiger partial charge on any atom is -0.0625 e. The van der Waals surface area contributed by atoms with E-state index in [2.05, 4.69) is 55.4 Å². The maximum atomic E-state index is 2.48. The molecule has 0 aromatic rings. The molecular weight excluding hydrogens is 625 g/mol. The van der Waals surface area contributed by atoms with Crippen LogP contribution in [-0.4, -0.2) is 0 Å². The molecule has 0 radical (unpaired) electrons. The Labute approximate surface area is 328 Å². The van der Waals surface area contributed by atoms with Crippen LogP contribution >= 0.6 is 0 Å². The molecule has 8 fully saturated rings. The molecule has 0 spiro atoms. The average Bonchev–Trinajstić information content (AvgIpc) is 3.98. The van der Waals surface area contributed by atoms with E-state index >= 15 is 0 Å². The molecule has 0 unspecified atom stereocenters. The van der Waals surface area contributed by atoms with Crippen molar-refractivity contribution in [1.29, 1.82) is 0 Å². The zero-order chi connectivity index (χ0) is 37.0. The number of hydrogen-bond acceptors (Lipinski definition) is 0. The Morgan fingerprint density at radius 3 is 0.481 bits per heavy atom. The van der Waals surface area contributed by atoms with Gasteiger partial charge in [0.25, 0.3) is 0 Å². The van der Waals surface area contributed by atoms with Gasteiger partial charge < -0.3 is 0 Å². The van der Waals surface area contributed by atoms with Crippen molar-refractivity contribution in [2.45, 2.75) is 235 Å². The Bertz CT molecular complexity index is 839. The highest BCUT2D eigenvalue weighted by atomic mass is 14.5. The van der Waals surface area contributed by atoms with Crippen LogP contribution in [0.25, 0.3) is 0 Å². The Morgan fingerprint density at radius 1 is 0.192 bits per heavy atom. The lowest BCUT2D eigenvalue weighted by Gasteiger charge is -2.45. The first-order valence-corrected chi connectivity index (χ1v) is 25.2. The van der Waals surface area contributed by atoms with Crippen LogP contribution in [-0.2, 0) is 0 Å². The highest BCUT2D eigenvalue weighted by Crippen LogP contribution is 2.52. The van der Waals surface area contributed by atoms with Crippen molar-refractivity contribution in [3.05, 3.63) is 0 Å². The molecule has 0 amide bonds. The zero-order valence-corrected chi connectivity index (χ0v) is 37.0. The molecule has 8 saturated carbocycles. The van der Waals surface area contributed by atoms with Crippen LogP contribution in [0.4, 0.5) is 0 Å². The molecule has 304 valence electrons. The first-order chi connectivity index (χ1) is 25.2. The van der Waals surface area contributed by atoms with Crippen molar-refractivity contribution in [3.8, 4) is 0 Å². The van der Waals surface area contributed by atoms with Gasteiger partial charge in [0.15, 0.2) is 0 Å². The van der Waals surface area contributed by atoms with Crippen LogP contribution in [0.15, 0.2) is 0 Å². The fraction of sp³-hybridized carbons (Fsp3) is 1.00. The van der Waals surface area contributed by atoms with Crippen molar-refractivity contribution in [1.82, 2.24) is 0 Å². The normalized spacial score (nSPS) is 25.8. The van der Waals surface area contributed by atoms with Gasteiger partial charge in [0.1, 0.15) is 0 Å². The summed E-state index contributed by atoms with van der Waals surface area (Å²) in [7, 11) is 0. The fourth-order valence-electron chi connectivity index (χ4n) is 14.2. The van der Waals surface area contributed by atoms with Crippen molar-refractivity contribution >= 4 is 0 Å². The molecule has 8 aliphatic rings. The van der Waals surface area contributed by atoms with Gasteiger partial charge in [0.05, 0.1) is 0 Å². The van der Waals surface area contributed by atoms with E-state index in [9.17, 15) is 0 Å². The first-order valence-electron chi connectivity index (χ1n) is 25.2. The van der Waals surface area contributed by atoms with Gasteiger partial charge in [-0.2, -0.15) is 0 Å². The van der Waals surface area contributed by atoms with Gasteiger partial charge >= 0.3 is 0 Å². The van der Waals surface area contributed by atoms with Gasteiger partial charge in [-0.1, -0.05) is 209 Å². The molecule has 0 N–H and O–H groups in total. The summed E-state index contributed by atoms with van der Waals surface area (Å²) in [6.45, 7) is 19.6. The molecule has 0 heteroatoms. The minimum atomic E-state index is 0.922. The van der Waals surface area contributed by atoms with Crippen LogP contribution in [0.3, 0.4) is 0 Å². The van der Waals surface area contributed by atoms with Crippen molar-refractivity contribution in [2.24, 2.45) is 94.7 Å². The van der Waals surface area contributed by atoms with Crippen LogP contribution in [0.2, 0.25) is 0 Å². The van der Waals surface area contributed by atoms with Crippen molar-refractivity contribution in [2.75, 3.05) is 0 Å². The largest absolute Gasteiger partial charge is 0.0625 e. The fourth-order valence-corrected chi connectivity index (χ4v) is 14.2. The summed E-state index contributed by atoms with van der Waals surface area (Å²) in [5.41, 5.74) is 0. The Hall–Kier alpha value is 0. The van der Waals surface area contributed by atoms with Gasteiger partial charge in [-0.15, -0.1) is 0 Å². The van der Waals surface area contributed by atoms with Crippen LogP contribution < -0.4 is 0 Å². The van der Waals surface area contributed by atoms with Crippen LogP contribution in [0.1, 0.15) is 235 Å². The maximum absolute atomic E-state index is 2.48. The summed E-state index contributed by atoms with van der Waals surface area (Å²) in [4.78, 5) is 0. The smallest absolute Gasteiger partial charge is 0.0334 e. The average molecular weight is 721 g/mol. The lowest BCUT2D eigenvalue weighted by Crippen LogP contribution is -2.35. The summed E-state index contributed by atoms with van der Waals surface area (Å²) in [6, 6.07) is 0. The van der Waals surface area contributed by atoms with Gasteiger partial charge in [-0.05, 0) is 120 Å². The summed E-state index contributed by atoms with van der Waals surface area (Å²) < 4.78 is 0. The standard InChI is InChI=1S/C16H30.C14H26.C12H22.C10H18/c1-13(2)16(14-9-5-3-6-10-14)15-11-7-4-8-12-15;1-11(2)14(12-7-3-4-8-12)13-9-5-6-10-13;1-9(2)12(10-5-3-6-10)11-7-4-8-11;1-7(2)10(8-3-4-8)9-5-6-9/h13-16H,3-12H2,1-2H3;11-14H,3-10H2,1-2H3;9-12H,3-8H2,1-2H3;7-10H,3-6H2,1-2H3. The lowest BCUT2D eigenvalue weighted by atomic mass is 9.61. The third-order valence-electron chi connectivity index (χ3n) is 17.1. The van der Waals surface area contributed by atoms with E-state index in [0.717, 1.165) is 94.7 Å². The zero-order valence-electron chi connectivity index (χ0n) is 37.0. The van der Waals surface area contributed by atoms with E-state index < -0.39 is 0 Å². The van der Waals surface area contributed by atoms with E-state index in [1.165, 1.54) is 77.0 Å². The van der Waals surface area contributed by atoms with Crippen molar-refractivity contribution < 1.29 is 0 Å². The molecule has 0 heterocycles. The van der Waals surface area contributed by atoms with Crippen LogP contribution in [0.5, 0.6) is 0 Å². The number of rotatable bonds is 12. The van der Waals surface area contributed by atoms with E-state index in [1.54, 1.807) is 103 Å². The van der Waals surface area contributed by atoms with E-state index in [4.69, 9.17) is 0 Å². The van der Waals surface area contributed by atoms with E-state index in [-0.39, 0.29) is 0 Å². The third kappa shape index (κ3) is 13.0. The second kappa shape index (κ2) is 22.1. The molecule has 8 rings (SSSR count). The summed E-state index contributed by atoms with van der Waals surface area (Å²) in [5.74, 6) is 17.0. The summed E-state index contributed by atoms with van der Waals surface area (Å²) in [6.07, 6.45) is 42.8.